The van der Waals surface area contributed by atoms with Gasteiger partial charge in [0.25, 0.3) is 0 Å². The average molecular weight is 273 g/mol. The third-order valence-electron chi connectivity index (χ3n) is 3.72. The minimum Gasteiger partial charge on any atom is -0.204 e. The lowest BCUT2D eigenvalue weighted by atomic mass is 10.0. The van der Waals surface area contributed by atoms with E-state index in [4.69, 9.17) is 23.2 Å². The Labute approximate surface area is 111 Å². The number of rotatable bonds is 2. The number of allylic oxidation sites excluding steroid dienone is 1. The van der Waals surface area contributed by atoms with Crippen LogP contribution in [0.3, 0.4) is 0 Å². The van der Waals surface area contributed by atoms with Crippen LogP contribution in [-0.4, -0.2) is 0 Å². The zero-order chi connectivity index (χ0) is 13.0. The molecule has 1 aliphatic rings. The van der Waals surface area contributed by atoms with E-state index < -0.39 is 5.82 Å². The molecule has 0 amide bonds. The Balaban J connectivity index is 2.41. The molecule has 1 saturated carbocycles. The highest BCUT2D eigenvalue weighted by Crippen LogP contribution is 2.67. The van der Waals surface area contributed by atoms with Crippen LogP contribution in [0, 0.1) is 17.2 Å². The number of halogens is 3. The third-order valence-corrected chi connectivity index (χ3v) is 4.27. The van der Waals surface area contributed by atoms with E-state index in [2.05, 4.69) is 20.4 Å². The quantitative estimate of drug-likeness (QED) is 0.496. The highest BCUT2D eigenvalue weighted by atomic mass is 35.5. The predicted molar refractivity (Wildman–Crippen MR) is 71.2 cm³/mol. The summed E-state index contributed by atoms with van der Waals surface area (Å²) in [7, 11) is 0. The summed E-state index contributed by atoms with van der Waals surface area (Å²) >= 11 is 11.7. The fraction of sp³-hybridized carbons (Fsp3) is 0.429. The lowest BCUT2D eigenvalue weighted by Gasteiger charge is -2.06. The SMILES string of the molecule is C=C(C)C1C(c2cc(Cl)c(F)c(Cl)c2)C1(C)C. The van der Waals surface area contributed by atoms with Gasteiger partial charge in [-0.15, -0.1) is 0 Å². The van der Waals surface area contributed by atoms with Crippen LogP contribution >= 0.6 is 23.2 Å². The van der Waals surface area contributed by atoms with Gasteiger partial charge in [-0.05, 0) is 41.9 Å². The van der Waals surface area contributed by atoms with E-state index in [1.807, 2.05) is 6.92 Å². The first-order valence-electron chi connectivity index (χ1n) is 5.56. The van der Waals surface area contributed by atoms with Gasteiger partial charge in [0.1, 0.15) is 0 Å². The summed E-state index contributed by atoms with van der Waals surface area (Å²) in [6.07, 6.45) is 0. The fourth-order valence-corrected chi connectivity index (χ4v) is 3.44. The summed E-state index contributed by atoms with van der Waals surface area (Å²) in [5, 5.41) is 0.186. The maximum absolute atomic E-state index is 13.4. The van der Waals surface area contributed by atoms with Crippen molar-refractivity contribution in [1.82, 2.24) is 0 Å². The molecule has 1 aromatic carbocycles. The van der Waals surface area contributed by atoms with Crippen molar-refractivity contribution in [3.63, 3.8) is 0 Å². The van der Waals surface area contributed by atoms with Gasteiger partial charge in [0.05, 0.1) is 10.0 Å². The van der Waals surface area contributed by atoms with E-state index in [1.165, 1.54) is 0 Å². The predicted octanol–water partition coefficient (Wildman–Crippen LogP) is 5.45. The minimum absolute atomic E-state index is 0.0932. The molecular formula is C14H15Cl2F. The van der Waals surface area contributed by atoms with E-state index in [0.717, 1.165) is 11.1 Å². The van der Waals surface area contributed by atoms with Gasteiger partial charge in [-0.3, -0.25) is 0 Å². The summed E-state index contributed by atoms with van der Waals surface area (Å²) < 4.78 is 13.4. The lowest BCUT2D eigenvalue weighted by molar-refractivity contribution is 0.583. The maximum atomic E-state index is 13.4. The van der Waals surface area contributed by atoms with Crippen molar-refractivity contribution < 1.29 is 4.39 Å². The molecule has 2 unspecified atom stereocenters. The molecule has 1 fully saturated rings. The minimum atomic E-state index is -0.539. The summed E-state index contributed by atoms with van der Waals surface area (Å²) in [5.74, 6) is 0.207. The van der Waals surface area contributed by atoms with Crippen LogP contribution in [0.2, 0.25) is 10.0 Å². The van der Waals surface area contributed by atoms with Crippen LogP contribution < -0.4 is 0 Å². The molecular weight excluding hydrogens is 258 g/mol. The van der Waals surface area contributed by atoms with Gasteiger partial charge in [0, 0.05) is 0 Å². The van der Waals surface area contributed by atoms with Crippen molar-refractivity contribution in [1.29, 1.82) is 0 Å². The first-order chi connectivity index (χ1) is 7.76. The monoisotopic (exact) mass is 272 g/mol. The molecule has 2 atom stereocenters. The van der Waals surface area contributed by atoms with Gasteiger partial charge < -0.3 is 0 Å². The molecule has 17 heavy (non-hydrogen) atoms. The van der Waals surface area contributed by atoms with Crippen LogP contribution in [0.25, 0.3) is 0 Å². The standard InChI is InChI=1S/C14H15Cl2F/c1-7(2)11-12(14(11,3)4)8-5-9(15)13(17)10(16)6-8/h5-6,11-12H,1H2,2-4H3. The molecule has 0 aliphatic heterocycles. The molecule has 3 heteroatoms. The van der Waals surface area contributed by atoms with Gasteiger partial charge in [-0.1, -0.05) is 49.2 Å². The highest BCUT2D eigenvalue weighted by Gasteiger charge is 2.58. The van der Waals surface area contributed by atoms with E-state index in [9.17, 15) is 4.39 Å². The first-order valence-corrected chi connectivity index (χ1v) is 6.32. The molecule has 0 nitrogen and oxygen atoms in total. The second-order valence-corrected chi connectivity index (χ2v) is 6.24. The molecule has 0 heterocycles. The Morgan fingerprint density at radius 2 is 1.76 bits per heavy atom. The second-order valence-electron chi connectivity index (χ2n) is 5.42. The molecule has 0 radical (unpaired) electrons. The normalized spacial score (nSPS) is 25.8. The van der Waals surface area contributed by atoms with Crippen LogP contribution in [-0.2, 0) is 0 Å². The summed E-state index contributed by atoms with van der Waals surface area (Å²) in [6, 6.07) is 3.36. The molecule has 0 aromatic heterocycles. The van der Waals surface area contributed by atoms with E-state index >= 15 is 0 Å². The van der Waals surface area contributed by atoms with Crippen molar-refractivity contribution in [2.24, 2.45) is 11.3 Å². The molecule has 0 N–H and O–H groups in total. The Bertz CT molecular complexity index is 468. The largest absolute Gasteiger partial charge is 0.204 e. The van der Waals surface area contributed by atoms with Crippen molar-refractivity contribution in [3.05, 3.63) is 45.7 Å². The fourth-order valence-electron chi connectivity index (χ4n) is 2.93. The second kappa shape index (κ2) is 4.00. The van der Waals surface area contributed by atoms with E-state index in [1.54, 1.807) is 12.1 Å². The summed E-state index contributed by atoms with van der Waals surface area (Å²) in [6.45, 7) is 10.4. The Morgan fingerprint density at radius 3 is 2.12 bits per heavy atom. The van der Waals surface area contributed by atoms with Crippen LogP contribution in [0.5, 0.6) is 0 Å². The number of hydrogen-bond donors (Lipinski definition) is 0. The highest BCUT2D eigenvalue weighted by molar-refractivity contribution is 6.35. The topological polar surface area (TPSA) is 0 Å². The Morgan fingerprint density at radius 1 is 1.29 bits per heavy atom. The van der Waals surface area contributed by atoms with E-state index in [-0.39, 0.29) is 15.5 Å². The molecule has 0 saturated heterocycles. The number of hydrogen-bond acceptors (Lipinski definition) is 0. The van der Waals surface area contributed by atoms with Crippen molar-refractivity contribution in [2.75, 3.05) is 0 Å². The molecule has 2 rings (SSSR count). The zero-order valence-electron chi connectivity index (χ0n) is 10.2. The van der Waals surface area contributed by atoms with E-state index in [0.29, 0.717) is 11.8 Å². The first kappa shape index (κ1) is 12.9. The lowest BCUT2D eigenvalue weighted by Crippen LogP contribution is -1.92. The molecule has 92 valence electrons. The summed E-state index contributed by atoms with van der Waals surface area (Å²) in [5.41, 5.74) is 2.30. The molecule has 1 aliphatic carbocycles. The van der Waals surface area contributed by atoms with Gasteiger partial charge in [0.15, 0.2) is 5.82 Å². The molecule has 0 spiro atoms. The number of benzene rings is 1. The Hall–Kier alpha value is -0.530. The zero-order valence-corrected chi connectivity index (χ0v) is 11.7. The maximum Gasteiger partial charge on any atom is 0.160 e. The summed E-state index contributed by atoms with van der Waals surface area (Å²) in [4.78, 5) is 0. The van der Waals surface area contributed by atoms with Crippen LogP contribution in [0.1, 0.15) is 32.3 Å². The van der Waals surface area contributed by atoms with Crippen molar-refractivity contribution in [3.8, 4) is 0 Å². The molecule has 0 bridgehead atoms. The van der Waals surface area contributed by atoms with Crippen LogP contribution in [0.15, 0.2) is 24.3 Å². The Kier molecular flexibility index (Phi) is 3.04. The van der Waals surface area contributed by atoms with Crippen molar-refractivity contribution >= 4 is 23.2 Å². The van der Waals surface area contributed by atoms with Gasteiger partial charge in [0.2, 0.25) is 0 Å². The van der Waals surface area contributed by atoms with Crippen molar-refractivity contribution in [2.45, 2.75) is 26.7 Å². The van der Waals surface area contributed by atoms with Crippen LogP contribution in [0.4, 0.5) is 4.39 Å². The smallest absolute Gasteiger partial charge is 0.160 e. The van der Waals surface area contributed by atoms with Gasteiger partial charge in [-0.25, -0.2) is 4.39 Å². The third kappa shape index (κ3) is 2.00. The van der Waals surface area contributed by atoms with Gasteiger partial charge >= 0.3 is 0 Å². The molecule has 1 aromatic rings. The van der Waals surface area contributed by atoms with Gasteiger partial charge in [-0.2, -0.15) is 0 Å². The average Bonchev–Trinajstić information content (AvgIpc) is 2.77.